The predicted molar refractivity (Wildman–Crippen MR) is 81.7 cm³/mol. The van der Waals surface area contributed by atoms with E-state index in [-0.39, 0.29) is 11.6 Å². The lowest BCUT2D eigenvalue weighted by molar-refractivity contribution is 0.0333. The maximum Gasteiger partial charge on any atom is 0.151 e. The fraction of sp³-hybridized carbons (Fsp3) is 1.00. The zero-order valence-electron chi connectivity index (χ0n) is 12.6. The molecule has 3 aliphatic rings. The second kappa shape index (κ2) is 5.58. The normalized spacial score (nSPS) is 37.9. The van der Waals surface area contributed by atoms with Crippen molar-refractivity contribution in [1.29, 1.82) is 0 Å². The predicted octanol–water partition coefficient (Wildman–Crippen LogP) is 1.56. The summed E-state index contributed by atoms with van der Waals surface area (Å²) in [5.74, 6) is 0.780. The maximum atomic E-state index is 11.9. The Labute approximate surface area is 123 Å². The van der Waals surface area contributed by atoms with Gasteiger partial charge in [-0.3, -0.25) is 4.90 Å². The molecule has 1 N–H and O–H groups in total. The van der Waals surface area contributed by atoms with Crippen molar-refractivity contribution in [2.75, 3.05) is 24.6 Å². The van der Waals surface area contributed by atoms with Gasteiger partial charge in [-0.05, 0) is 32.6 Å². The van der Waals surface area contributed by atoms with E-state index < -0.39 is 9.84 Å². The minimum atomic E-state index is -2.81. The summed E-state index contributed by atoms with van der Waals surface area (Å²) in [4.78, 5) is 2.51. The third kappa shape index (κ3) is 3.04. The minimum Gasteiger partial charge on any atom is -0.308 e. The van der Waals surface area contributed by atoms with Crippen LogP contribution in [-0.2, 0) is 9.84 Å². The molecule has 20 heavy (non-hydrogen) atoms. The standard InChI is InChI=1S/C15H28N2O2S/c1-13-10-16-15(7-3-2-4-8-15)12-17(13)14-6-5-9-20(18,19)11-14/h13-14,16H,2-12H2,1H3. The van der Waals surface area contributed by atoms with Crippen LogP contribution < -0.4 is 5.32 Å². The fourth-order valence-corrected chi connectivity index (χ4v) is 6.07. The third-order valence-electron chi connectivity index (χ3n) is 5.54. The summed E-state index contributed by atoms with van der Waals surface area (Å²) in [5, 5.41) is 3.78. The molecule has 116 valence electrons. The second-order valence-electron chi connectivity index (χ2n) is 7.15. The SMILES string of the molecule is CC1CNC2(CCCCC2)CN1C1CCCS(=O)(=O)C1. The van der Waals surface area contributed by atoms with Gasteiger partial charge in [0.05, 0.1) is 11.5 Å². The van der Waals surface area contributed by atoms with Crippen LogP contribution in [0.4, 0.5) is 0 Å². The Morgan fingerprint density at radius 2 is 1.90 bits per heavy atom. The van der Waals surface area contributed by atoms with Crippen LogP contribution in [0.15, 0.2) is 0 Å². The van der Waals surface area contributed by atoms with Gasteiger partial charge < -0.3 is 5.32 Å². The van der Waals surface area contributed by atoms with Crippen LogP contribution >= 0.6 is 0 Å². The monoisotopic (exact) mass is 300 g/mol. The van der Waals surface area contributed by atoms with E-state index in [4.69, 9.17) is 0 Å². The molecule has 5 heteroatoms. The molecule has 2 atom stereocenters. The van der Waals surface area contributed by atoms with Crippen LogP contribution in [0.25, 0.3) is 0 Å². The average Bonchev–Trinajstić information content (AvgIpc) is 2.42. The van der Waals surface area contributed by atoms with Gasteiger partial charge in [0, 0.05) is 30.7 Å². The first-order valence-electron chi connectivity index (χ1n) is 8.21. The Kier molecular flexibility index (Phi) is 4.13. The highest BCUT2D eigenvalue weighted by molar-refractivity contribution is 7.91. The molecule has 2 unspecified atom stereocenters. The Morgan fingerprint density at radius 3 is 2.60 bits per heavy atom. The lowest BCUT2D eigenvalue weighted by Gasteiger charge is -2.51. The van der Waals surface area contributed by atoms with Crippen LogP contribution in [0.3, 0.4) is 0 Å². The van der Waals surface area contributed by atoms with E-state index in [1.54, 1.807) is 0 Å². The van der Waals surface area contributed by atoms with Gasteiger partial charge in [-0.2, -0.15) is 0 Å². The number of rotatable bonds is 1. The third-order valence-corrected chi connectivity index (χ3v) is 7.35. The summed E-state index contributed by atoms with van der Waals surface area (Å²) in [6.07, 6.45) is 8.41. The molecule has 2 aliphatic heterocycles. The van der Waals surface area contributed by atoms with Gasteiger partial charge in [0.2, 0.25) is 0 Å². The number of nitrogens with one attached hydrogen (secondary N) is 1. The quantitative estimate of drug-likeness (QED) is 0.798. The van der Waals surface area contributed by atoms with Crippen molar-refractivity contribution < 1.29 is 8.42 Å². The van der Waals surface area contributed by atoms with Gasteiger partial charge >= 0.3 is 0 Å². The Hall–Kier alpha value is -0.130. The van der Waals surface area contributed by atoms with E-state index in [1.807, 2.05) is 0 Å². The molecule has 2 saturated heterocycles. The van der Waals surface area contributed by atoms with Gasteiger partial charge in [-0.15, -0.1) is 0 Å². The molecule has 0 bridgehead atoms. The summed E-state index contributed by atoms with van der Waals surface area (Å²) >= 11 is 0. The highest BCUT2D eigenvalue weighted by atomic mass is 32.2. The lowest BCUT2D eigenvalue weighted by atomic mass is 9.79. The van der Waals surface area contributed by atoms with Crippen LogP contribution in [-0.4, -0.2) is 55.5 Å². The zero-order valence-corrected chi connectivity index (χ0v) is 13.4. The maximum absolute atomic E-state index is 11.9. The topological polar surface area (TPSA) is 49.4 Å². The van der Waals surface area contributed by atoms with Crippen molar-refractivity contribution in [3.05, 3.63) is 0 Å². The molecule has 3 rings (SSSR count). The second-order valence-corrected chi connectivity index (χ2v) is 9.38. The molecule has 1 spiro atoms. The van der Waals surface area contributed by atoms with Crippen molar-refractivity contribution >= 4 is 9.84 Å². The van der Waals surface area contributed by atoms with Gasteiger partial charge in [0.1, 0.15) is 0 Å². The molecule has 2 heterocycles. The van der Waals surface area contributed by atoms with E-state index in [2.05, 4.69) is 17.1 Å². The molecule has 4 nitrogen and oxygen atoms in total. The van der Waals surface area contributed by atoms with Crippen LogP contribution in [0.2, 0.25) is 0 Å². The molecule has 1 aliphatic carbocycles. The van der Waals surface area contributed by atoms with Gasteiger partial charge in [-0.1, -0.05) is 19.3 Å². The van der Waals surface area contributed by atoms with E-state index >= 15 is 0 Å². The number of piperazine rings is 1. The minimum absolute atomic E-state index is 0.254. The van der Waals surface area contributed by atoms with Crippen molar-refractivity contribution in [1.82, 2.24) is 10.2 Å². The smallest absolute Gasteiger partial charge is 0.151 e. The number of sulfone groups is 1. The van der Waals surface area contributed by atoms with Gasteiger partial charge in [0.25, 0.3) is 0 Å². The highest BCUT2D eigenvalue weighted by Gasteiger charge is 2.42. The molecule has 1 saturated carbocycles. The largest absolute Gasteiger partial charge is 0.308 e. The van der Waals surface area contributed by atoms with E-state index in [0.717, 1.165) is 25.9 Å². The van der Waals surface area contributed by atoms with Crippen LogP contribution in [0.1, 0.15) is 51.9 Å². The first-order chi connectivity index (χ1) is 9.50. The number of hydrogen-bond acceptors (Lipinski definition) is 4. The summed E-state index contributed by atoms with van der Waals surface area (Å²) in [6.45, 7) is 4.30. The fourth-order valence-electron chi connectivity index (χ4n) is 4.36. The molecule has 0 radical (unpaired) electrons. The Balaban J connectivity index is 1.73. The number of hydrogen-bond donors (Lipinski definition) is 1. The van der Waals surface area contributed by atoms with E-state index in [0.29, 0.717) is 17.5 Å². The summed E-state index contributed by atoms with van der Waals surface area (Å²) in [5.41, 5.74) is 0.270. The molecular weight excluding hydrogens is 272 g/mol. The molecule has 0 aromatic heterocycles. The highest BCUT2D eigenvalue weighted by Crippen LogP contribution is 2.33. The summed E-state index contributed by atoms with van der Waals surface area (Å²) in [7, 11) is -2.81. The number of nitrogens with zero attached hydrogens (tertiary/aromatic N) is 1. The first kappa shape index (κ1) is 14.8. The lowest BCUT2D eigenvalue weighted by Crippen LogP contribution is -2.67. The molecule has 0 aromatic rings. The molecular formula is C15H28N2O2S. The summed E-state index contributed by atoms with van der Waals surface area (Å²) < 4.78 is 23.9. The van der Waals surface area contributed by atoms with E-state index in [1.165, 1.54) is 32.1 Å². The Bertz CT molecular complexity index is 443. The van der Waals surface area contributed by atoms with Crippen molar-refractivity contribution in [2.45, 2.75) is 69.5 Å². The molecule has 0 amide bonds. The van der Waals surface area contributed by atoms with Crippen molar-refractivity contribution in [3.63, 3.8) is 0 Å². The average molecular weight is 300 g/mol. The summed E-state index contributed by atoms with van der Waals surface area (Å²) in [6, 6.07) is 0.713. The van der Waals surface area contributed by atoms with E-state index in [9.17, 15) is 8.42 Å². The van der Waals surface area contributed by atoms with Crippen molar-refractivity contribution in [2.24, 2.45) is 0 Å². The van der Waals surface area contributed by atoms with Crippen LogP contribution in [0.5, 0.6) is 0 Å². The van der Waals surface area contributed by atoms with Gasteiger partial charge in [0.15, 0.2) is 9.84 Å². The molecule has 3 fully saturated rings. The zero-order chi connectivity index (χ0) is 14.2. The van der Waals surface area contributed by atoms with Gasteiger partial charge in [-0.25, -0.2) is 8.42 Å². The van der Waals surface area contributed by atoms with Crippen molar-refractivity contribution in [3.8, 4) is 0 Å². The Morgan fingerprint density at radius 1 is 1.15 bits per heavy atom. The first-order valence-corrected chi connectivity index (χ1v) is 10.0. The molecule has 0 aromatic carbocycles. The van der Waals surface area contributed by atoms with Crippen LogP contribution in [0, 0.1) is 0 Å².